The van der Waals surface area contributed by atoms with Gasteiger partial charge in [-0.25, -0.2) is 9.67 Å². The maximum absolute atomic E-state index is 12.3. The molecule has 0 atom stereocenters. The fraction of sp³-hybridized carbons (Fsp3) is 0.211. The van der Waals surface area contributed by atoms with Gasteiger partial charge in [-0.3, -0.25) is 14.9 Å². The van der Waals surface area contributed by atoms with Gasteiger partial charge < -0.3 is 5.32 Å². The van der Waals surface area contributed by atoms with Gasteiger partial charge in [-0.05, 0) is 47.0 Å². The van der Waals surface area contributed by atoms with E-state index in [2.05, 4.69) is 31.3 Å². The number of nitrogens with zero attached hydrogens (tertiary/aromatic N) is 4. The number of thioether (sulfide) groups is 1. The number of aromatic nitrogens is 3. The van der Waals surface area contributed by atoms with Crippen LogP contribution in [-0.2, 0) is 4.79 Å². The van der Waals surface area contributed by atoms with Crippen LogP contribution in [-0.4, -0.2) is 31.3 Å². The van der Waals surface area contributed by atoms with Gasteiger partial charge in [0, 0.05) is 22.5 Å². The Labute approximate surface area is 179 Å². The molecule has 0 spiro atoms. The van der Waals surface area contributed by atoms with Crippen molar-refractivity contribution >= 4 is 45.0 Å². The Kier molecular flexibility index (Phi) is 5.63. The van der Waals surface area contributed by atoms with Crippen molar-refractivity contribution in [3.05, 3.63) is 68.9 Å². The van der Waals surface area contributed by atoms with Gasteiger partial charge >= 0.3 is 0 Å². The summed E-state index contributed by atoms with van der Waals surface area (Å²) in [5.74, 6) is 1.24. The molecule has 8 nitrogen and oxygen atoms in total. The molecule has 2 aromatic carbocycles. The van der Waals surface area contributed by atoms with Gasteiger partial charge in [0.25, 0.3) is 5.69 Å². The third kappa shape index (κ3) is 4.65. The molecule has 0 radical (unpaired) electrons. The minimum Gasteiger partial charge on any atom is -0.324 e. The van der Waals surface area contributed by atoms with Crippen molar-refractivity contribution in [2.45, 2.75) is 23.9 Å². The summed E-state index contributed by atoms with van der Waals surface area (Å²) in [7, 11) is 0. The second-order valence-electron chi connectivity index (χ2n) is 6.53. The van der Waals surface area contributed by atoms with Crippen LogP contribution in [0.1, 0.15) is 24.6 Å². The summed E-state index contributed by atoms with van der Waals surface area (Å²) in [6.07, 6.45) is 2.20. The molecule has 148 valence electrons. The molecule has 0 unspecified atom stereocenters. The molecule has 0 aliphatic heterocycles. The lowest BCUT2D eigenvalue weighted by molar-refractivity contribution is -0.384. The quantitative estimate of drug-likeness (QED) is 0.306. The highest BCUT2D eigenvalue weighted by atomic mass is 79.9. The Morgan fingerprint density at radius 2 is 2.03 bits per heavy atom. The van der Waals surface area contributed by atoms with Crippen molar-refractivity contribution in [2.24, 2.45) is 0 Å². The Morgan fingerprint density at radius 1 is 1.28 bits per heavy atom. The molecule has 1 aromatic heterocycles. The Balaban J connectivity index is 1.43. The van der Waals surface area contributed by atoms with Crippen LogP contribution in [0.25, 0.3) is 5.69 Å². The van der Waals surface area contributed by atoms with Gasteiger partial charge in [0.1, 0.15) is 5.82 Å². The van der Waals surface area contributed by atoms with Gasteiger partial charge in [-0.1, -0.05) is 30.0 Å². The molecule has 3 aromatic rings. The van der Waals surface area contributed by atoms with Crippen molar-refractivity contribution in [1.82, 2.24) is 14.8 Å². The lowest BCUT2D eigenvalue weighted by Gasteiger charge is -2.06. The highest BCUT2D eigenvalue weighted by Gasteiger charge is 2.30. The normalized spacial score (nSPS) is 13.3. The second kappa shape index (κ2) is 8.34. The minimum atomic E-state index is -0.488. The summed E-state index contributed by atoms with van der Waals surface area (Å²) in [4.78, 5) is 27.3. The molecule has 1 aliphatic carbocycles. The number of para-hydroxylation sites is 1. The average Bonchev–Trinajstić information content (AvgIpc) is 3.47. The molecule has 1 aliphatic rings. The predicted molar refractivity (Wildman–Crippen MR) is 113 cm³/mol. The van der Waals surface area contributed by atoms with Crippen molar-refractivity contribution < 1.29 is 9.72 Å². The van der Waals surface area contributed by atoms with Gasteiger partial charge in [-0.2, -0.15) is 0 Å². The zero-order valence-corrected chi connectivity index (χ0v) is 17.5. The van der Waals surface area contributed by atoms with E-state index < -0.39 is 4.92 Å². The Hall–Kier alpha value is -2.72. The Bertz CT molecular complexity index is 1070. The maximum Gasteiger partial charge on any atom is 0.270 e. The zero-order chi connectivity index (χ0) is 20.4. The lowest BCUT2D eigenvalue weighted by Crippen LogP contribution is -2.14. The molecule has 1 N–H and O–H groups in total. The molecule has 1 saturated carbocycles. The van der Waals surface area contributed by atoms with E-state index in [-0.39, 0.29) is 17.3 Å². The molecule has 29 heavy (non-hydrogen) atoms. The van der Waals surface area contributed by atoms with Crippen LogP contribution in [0.3, 0.4) is 0 Å². The van der Waals surface area contributed by atoms with Gasteiger partial charge in [0.2, 0.25) is 11.1 Å². The van der Waals surface area contributed by atoms with Crippen LogP contribution in [0.4, 0.5) is 11.4 Å². The van der Waals surface area contributed by atoms with E-state index in [1.165, 1.54) is 30.0 Å². The fourth-order valence-electron chi connectivity index (χ4n) is 2.77. The Morgan fingerprint density at radius 3 is 2.69 bits per heavy atom. The van der Waals surface area contributed by atoms with Crippen LogP contribution in [0, 0.1) is 10.1 Å². The van der Waals surface area contributed by atoms with Crippen LogP contribution in [0.2, 0.25) is 0 Å². The summed E-state index contributed by atoms with van der Waals surface area (Å²) < 4.78 is 2.30. The first-order valence-corrected chi connectivity index (χ1v) is 10.7. The third-order valence-electron chi connectivity index (χ3n) is 4.33. The summed E-state index contributed by atoms with van der Waals surface area (Å²) in [5.41, 5.74) is 1.38. The molecular formula is C19H16BrN5O3S. The number of nitro groups is 1. The number of carbonyl (C=O) groups is 1. The number of rotatable bonds is 7. The molecule has 0 saturated heterocycles. The van der Waals surface area contributed by atoms with Gasteiger partial charge in [0.15, 0.2) is 0 Å². The van der Waals surface area contributed by atoms with E-state index in [1.807, 2.05) is 35.0 Å². The number of amides is 1. The summed E-state index contributed by atoms with van der Waals surface area (Å²) in [6, 6.07) is 14.0. The number of anilines is 1. The monoisotopic (exact) mass is 473 g/mol. The number of carbonyl (C=O) groups excluding carboxylic acids is 1. The topological polar surface area (TPSA) is 103 Å². The van der Waals surface area contributed by atoms with Crippen molar-refractivity contribution in [3.63, 3.8) is 0 Å². The molecule has 10 heteroatoms. The zero-order valence-electron chi connectivity index (χ0n) is 15.1. The lowest BCUT2D eigenvalue weighted by atomic mass is 10.3. The first kappa shape index (κ1) is 19.6. The third-order valence-corrected chi connectivity index (χ3v) is 5.82. The van der Waals surface area contributed by atoms with Crippen molar-refractivity contribution in [1.29, 1.82) is 0 Å². The summed E-state index contributed by atoms with van der Waals surface area (Å²) in [6.45, 7) is 0. The fourth-order valence-corrected chi connectivity index (χ4v) is 3.86. The standard InChI is InChI=1S/C19H16BrN5O3S/c20-15-10-14(25(27)28)8-9-16(15)21-17(26)11-29-19-22-18(12-6-7-12)24(23-19)13-4-2-1-3-5-13/h1-5,8-10,12H,6-7,11H2,(H,21,26). The molecule has 1 amide bonds. The van der Waals surface area contributed by atoms with E-state index in [0.717, 1.165) is 24.4 Å². The summed E-state index contributed by atoms with van der Waals surface area (Å²) in [5, 5.41) is 18.7. The van der Waals surface area contributed by atoms with Crippen LogP contribution in [0.5, 0.6) is 0 Å². The first-order valence-electron chi connectivity index (χ1n) is 8.90. The number of halogens is 1. The predicted octanol–water partition coefficient (Wildman–Crippen LogP) is 4.55. The molecule has 1 heterocycles. The minimum absolute atomic E-state index is 0.0486. The van der Waals surface area contributed by atoms with E-state index in [9.17, 15) is 14.9 Å². The van der Waals surface area contributed by atoms with E-state index >= 15 is 0 Å². The molecule has 1 fully saturated rings. The van der Waals surface area contributed by atoms with Gasteiger partial charge in [-0.15, -0.1) is 5.10 Å². The average molecular weight is 474 g/mol. The molecular weight excluding hydrogens is 458 g/mol. The number of nitrogens with one attached hydrogen (secondary N) is 1. The highest BCUT2D eigenvalue weighted by molar-refractivity contribution is 9.10. The number of non-ortho nitro benzene ring substituents is 1. The van der Waals surface area contributed by atoms with E-state index in [0.29, 0.717) is 21.2 Å². The van der Waals surface area contributed by atoms with Crippen molar-refractivity contribution in [2.75, 3.05) is 11.1 Å². The van der Waals surface area contributed by atoms with Crippen LogP contribution in [0.15, 0.2) is 58.2 Å². The molecule has 4 rings (SSSR count). The number of hydrogen-bond acceptors (Lipinski definition) is 6. The van der Waals surface area contributed by atoms with Crippen LogP contribution < -0.4 is 5.32 Å². The smallest absolute Gasteiger partial charge is 0.270 e. The number of nitro benzene ring substituents is 1. The van der Waals surface area contributed by atoms with Crippen molar-refractivity contribution in [3.8, 4) is 5.69 Å². The van der Waals surface area contributed by atoms with Crippen LogP contribution >= 0.6 is 27.7 Å². The number of benzene rings is 2. The maximum atomic E-state index is 12.3. The van der Waals surface area contributed by atoms with E-state index in [4.69, 9.17) is 0 Å². The number of hydrogen-bond donors (Lipinski definition) is 1. The second-order valence-corrected chi connectivity index (χ2v) is 8.33. The highest BCUT2D eigenvalue weighted by Crippen LogP contribution is 2.40. The van der Waals surface area contributed by atoms with Gasteiger partial charge in [0.05, 0.1) is 22.1 Å². The first-order chi connectivity index (χ1) is 14.0. The molecule has 0 bridgehead atoms. The summed E-state index contributed by atoms with van der Waals surface area (Å²) >= 11 is 4.51. The SMILES string of the molecule is O=C(CSc1nc(C2CC2)n(-c2ccccc2)n1)Nc1ccc([N+](=O)[O-])cc1Br. The largest absolute Gasteiger partial charge is 0.324 e. The van der Waals surface area contributed by atoms with E-state index in [1.54, 1.807) is 0 Å².